The standard InChI is InChI=1S/C31H32F2O3S/c1-17-6-24(22-4-3-5-26-23(22)12-27(37-26)18(2)8-29(34)35)30(36-16-28(32)33)25(7-17)31-13-19-9-20(14-31)11-21(10-19)15-31/h3-8,12,19-21,28H,9-11,13-16H2,1-2H3,(H,34,35)/b18-8+. The van der Waals surface area contributed by atoms with Gasteiger partial charge in [0.05, 0.1) is 0 Å². The molecule has 4 aliphatic carbocycles. The molecule has 194 valence electrons. The van der Waals surface area contributed by atoms with Gasteiger partial charge in [-0.05, 0) is 110 Å². The zero-order chi connectivity index (χ0) is 25.9. The minimum absolute atomic E-state index is 0.00148. The van der Waals surface area contributed by atoms with E-state index in [1.807, 2.05) is 24.3 Å². The van der Waals surface area contributed by atoms with Gasteiger partial charge in [-0.25, -0.2) is 13.6 Å². The number of hydrogen-bond donors (Lipinski definition) is 1. The SMILES string of the molecule is C/C(=C\C(=O)O)c1cc2c(-c3cc(C)cc(C45CC6CC(CC(C6)C4)C5)c3OCC(F)F)cccc2s1. The van der Waals surface area contributed by atoms with E-state index in [2.05, 4.69) is 19.1 Å². The van der Waals surface area contributed by atoms with Crippen molar-refractivity contribution >= 4 is 33.0 Å². The lowest BCUT2D eigenvalue weighted by molar-refractivity contribution is -0.131. The number of ether oxygens (including phenoxy) is 1. The average Bonchev–Trinajstić information content (AvgIpc) is 3.26. The lowest BCUT2D eigenvalue weighted by atomic mass is 9.48. The smallest absolute Gasteiger partial charge is 0.328 e. The number of rotatable bonds is 7. The van der Waals surface area contributed by atoms with Crippen molar-refractivity contribution < 1.29 is 23.4 Å². The zero-order valence-corrected chi connectivity index (χ0v) is 22.0. The molecule has 1 heterocycles. The molecule has 2 aromatic carbocycles. The Morgan fingerprint density at radius 3 is 2.41 bits per heavy atom. The Bertz CT molecular complexity index is 1370. The fourth-order valence-electron chi connectivity index (χ4n) is 7.86. The molecule has 0 spiro atoms. The summed E-state index contributed by atoms with van der Waals surface area (Å²) in [6, 6.07) is 12.3. The van der Waals surface area contributed by atoms with Crippen molar-refractivity contribution in [3.8, 4) is 16.9 Å². The van der Waals surface area contributed by atoms with Crippen LogP contribution in [-0.2, 0) is 10.2 Å². The summed E-state index contributed by atoms with van der Waals surface area (Å²) in [4.78, 5) is 12.1. The number of thiophene rings is 1. The Kier molecular flexibility index (Phi) is 6.14. The van der Waals surface area contributed by atoms with Gasteiger partial charge in [0.25, 0.3) is 6.43 Å². The molecule has 3 aromatic rings. The molecule has 0 unspecified atom stereocenters. The summed E-state index contributed by atoms with van der Waals surface area (Å²) in [5.41, 5.74) is 4.73. The quantitative estimate of drug-likeness (QED) is 0.317. The molecule has 37 heavy (non-hydrogen) atoms. The highest BCUT2D eigenvalue weighted by Crippen LogP contribution is 2.62. The third kappa shape index (κ3) is 4.47. The van der Waals surface area contributed by atoms with Gasteiger partial charge in [-0.1, -0.05) is 18.2 Å². The van der Waals surface area contributed by atoms with Crippen molar-refractivity contribution in [2.75, 3.05) is 6.61 Å². The van der Waals surface area contributed by atoms with Crippen LogP contribution in [0.3, 0.4) is 0 Å². The maximum atomic E-state index is 13.5. The Morgan fingerprint density at radius 1 is 1.11 bits per heavy atom. The molecule has 1 N–H and O–H groups in total. The van der Waals surface area contributed by atoms with E-state index >= 15 is 0 Å². The highest BCUT2D eigenvalue weighted by molar-refractivity contribution is 7.20. The van der Waals surface area contributed by atoms with Crippen molar-refractivity contribution in [3.05, 3.63) is 58.5 Å². The number of alkyl halides is 2. The molecule has 4 saturated carbocycles. The molecule has 4 bridgehead atoms. The third-order valence-corrected chi connectivity index (χ3v) is 10.0. The van der Waals surface area contributed by atoms with Crippen LogP contribution in [0.25, 0.3) is 26.8 Å². The normalized spacial score (nSPS) is 26.8. The Hall–Kier alpha value is -2.73. The highest BCUT2D eigenvalue weighted by Gasteiger charge is 2.52. The van der Waals surface area contributed by atoms with Crippen LogP contribution in [0, 0.1) is 24.7 Å². The number of benzene rings is 2. The second-order valence-electron chi connectivity index (χ2n) is 11.6. The maximum absolute atomic E-state index is 13.5. The van der Waals surface area contributed by atoms with E-state index in [4.69, 9.17) is 4.74 Å². The van der Waals surface area contributed by atoms with Gasteiger partial charge < -0.3 is 9.84 Å². The Labute approximate surface area is 220 Å². The van der Waals surface area contributed by atoms with Crippen molar-refractivity contribution in [1.82, 2.24) is 0 Å². The Balaban J connectivity index is 1.53. The van der Waals surface area contributed by atoms with Crippen LogP contribution in [-0.4, -0.2) is 24.1 Å². The van der Waals surface area contributed by atoms with E-state index < -0.39 is 19.0 Å². The summed E-state index contributed by atoms with van der Waals surface area (Å²) < 4.78 is 34.1. The molecule has 0 atom stereocenters. The van der Waals surface area contributed by atoms with Gasteiger partial charge in [0.15, 0.2) is 0 Å². The second-order valence-corrected chi connectivity index (χ2v) is 12.7. The summed E-state index contributed by atoms with van der Waals surface area (Å²) in [5.74, 6) is 1.82. The van der Waals surface area contributed by atoms with Crippen LogP contribution in [0.15, 0.2) is 42.5 Å². The van der Waals surface area contributed by atoms with E-state index in [-0.39, 0.29) is 5.41 Å². The van der Waals surface area contributed by atoms with Gasteiger partial charge in [-0.2, -0.15) is 0 Å². The molecule has 0 saturated heterocycles. The number of halogens is 2. The monoisotopic (exact) mass is 522 g/mol. The lowest BCUT2D eigenvalue weighted by Gasteiger charge is -2.57. The van der Waals surface area contributed by atoms with E-state index in [9.17, 15) is 18.7 Å². The first kappa shape index (κ1) is 24.6. The molecule has 0 amide bonds. The number of carbonyl (C=O) groups is 1. The lowest BCUT2D eigenvalue weighted by Crippen LogP contribution is -2.48. The summed E-state index contributed by atoms with van der Waals surface area (Å²) in [6.45, 7) is 3.26. The minimum atomic E-state index is -2.55. The molecule has 4 aliphatic rings. The number of aryl methyl sites for hydroxylation is 1. The molecular formula is C31H32F2O3S. The fraction of sp³-hybridized carbons (Fsp3) is 0.452. The summed E-state index contributed by atoms with van der Waals surface area (Å²) >= 11 is 1.54. The topological polar surface area (TPSA) is 46.5 Å². The first-order chi connectivity index (χ1) is 17.7. The molecule has 6 heteroatoms. The van der Waals surface area contributed by atoms with Gasteiger partial charge >= 0.3 is 5.97 Å². The van der Waals surface area contributed by atoms with E-state index in [1.165, 1.54) is 25.3 Å². The van der Waals surface area contributed by atoms with Crippen molar-refractivity contribution in [2.24, 2.45) is 17.8 Å². The average molecular weight is 523 g/mol. The summed E-state index contributed by atoms with van der Waals surface area (Å²) in [7, 11) is 0. The van der Waals surface area contributed by atoms with Crippen LogP contribution in [0.4, 0.5) is 8.78 Å². The van der Waals surface area contributed by atoms with Crippen molar-refractivity contribution in [2.45, 2.75) is 64.2 Å². The number of allylic oxidation sites excluding steroid dienone is 1. The minimum Gasteiger partial charge on any atom is -0.487 e. The molecule has 1 aromatic heterocycles. The zero-order valence-electron chi connectivity index (χ0n) is 21.2. The van der Waals surface area contributed by atoms with E-state index in [0.717, 1.165) is 74.2 Å². The van der Waals surface area contributed by atoms with E-state index in [0.29, 0.717) is 11.3 Å². The number of carboxylic acids is 1. The molecule has 7 rings (SSSR count). The fourth-order valence-corrected chi connectivity index (χ4v) is 8.92. The van der Waals surface area contributed by atoms with Crippen molar-refractivity contribution in [3.63, 3.8) is 0 Å². The maximum Gasteiger partial charge on any atom is 0.328 e. The largest absolute Gasteiger partial charge is 0.487 e. The third-order valence-electron chi connectivity index (χ3n) is 8.78. The molecule has 0 radical (unpaired) electrons. The van der Waals surface area contributed by atoms with Gasteiger partial charge in [0.2, 0.25) is 0 Å². The van der Waals surface area contributed by atoms with E-state index in [1.54, 1.807) is 18.3 Å². The number of hydrogen-bond acceptors (Lipinski definition) is 3. The Morgan fingerprint density at radius 2 is 1.78 bits per heavy atom. The number of carboxylic acid groups (broad SMARTS) is 1. The molecule has 4 fully saturated rings. The molecule has 3 nitrogen and oxygen atoms in total. The van der Waals surface area contributed by atoms with Crippen LogP contribution in [0.1, 0.15) is 61.5 Å². The summed E-state index contributed by atoms with van der Waals surface area (Å²) in [5, 5.41) is 10.2. The van der Waals surface area contributed by atoms with Gasteiger partial charge in [-0.15, -0.1) is 11.3 Å². The second kappa shape index (κ2) is 9.23. The van der Waals surface area contributed by atoms with Gasteiger partial charge in [0, 0.05) is 32.2 Å². The first-order valence-corrected chi connectivity index (χ1v) is 14.0. The highest BCUT2D eigenvalue weighted by atomic mass is 32.1. The first-order valence-electron chi connectivity index (χ1n) is 13.2. The van der Waals surface area contributed by atoms with Crippen LogP contribution in [0.5, 0.6) is 5.75 Å². The summed E-state index contributed by atoms with van der Waals surface area (Å²) in [6.07, 6.45) is 5.98. The van der Waals surface area contributed by atoms with Gasteiger partial charge in [0.1, 0.15) is 12.4 Å². The predicted molar refractivity (Wildman–Crippen MR) is 145 cm³/mol. The molecule has 0 aliphatic heterocycles. The van der Waals surface area contributed by atoms with Crippen LogP contribution >= 0.6 is 11.3 Å². The predicted octanol–water partition coefficient (Wildman–Crippen LogP) is 8.48. The van der Waals surface area contributed by atoms with Crippen molar-refractivity contribution in [1.29, 1.82) is 0 Å². The number of fused-ring (bicyclic) bond motifs is 1. The number of aliphatic carboxylic acids is 1. The van der Waals surface area contributed by atoms with Crippen LogP contribution < -0.4 is 4.74 Å². The van der Waals surface area contributed by atoms with Crippen LogP contribution in [0.2, 0.25) is 0 Å². The van der Waals surface area contributed by atoms with Gasteiger partial charge in [-0.3, -0.25) is 0 Å². The molecular weight excluding hydrogens is 490 g/mol.